The number of hydrogen-bond acceptors (Lipinski definition) is 5. The molecule has 0 aliphatic rings. The van der Waals surface area contributed by atoms with Crippen molar-refractivity contribution in [1.29, 1.82) is 0 Å². The highest BCUT2D eigenvalue weighted by molar-refractivity contribution is 7.25. The van der Waals surface area contributed by atoms with Crippen LogP contribution in [0.5, 0.6) is 0 Å². The predicted octanol–water partition coefficient (Wildman–Crippen LogP) is 3.00. The molecule has 5 heteroatoms. The van der Waals surface area contributed by atoms with Gasteiger partial charge in [-0.15, -0.1) is 22.7 Å². The van der Waals surface area contributed by atoms with Crippen molar-refractivity contribution in [3.63, 3.8) is 0 Å². The average molecular weight is 233 g/mol. The Kier molecular flexibility index (Phi) is 1.93. The molecule has 0 spiro atoms. The van der Waals surface area contributed by atoms with Crippen LogP contribution in [0.2, 0.25) is 0 Å². The highest BCUT2D eigenvalue weighted by Gasteiger charge is 2.12. The molecule has 3 heterocycles. The molecule has 0 bridgehead atoms. The Hall–Kier alpha value is -1.46. The zero-order valence-corrected chi connectivity index (χ0v) is 9.31. The number of rotatable bonds is 1. The fraction of sp³-hybridized carbons (Fsp3) is 0. The molecular formula is C10H7N3S2. The number of anilines is 1. The van der Waals surface area contributed by atoms with Crippen LogP contribution in [0.1, 0.15) is 0 Å². The van der Waals surface area contributed by atoms with E-state index in [9.17, 15) is 0 Å². The maximum atomic E-state index is 6.07. The third-order valence-electron chi connectivity index (χ3n) is 2.13. The Morgan fingerprint density at radius 3 is 2.87 bits per heavy atom. The normalized spacial score (nSPS) is 10.9. The number of nitrogens with zero attached hydrogens (tertiary/aromatic N) is 2. The van der Waals surface area contributed by atoms with Crippen LogP contribution in [0.4, 0.5) is 5.69 Å². The zero-order chi connectivity index (χ0) is 10.3. The van der Waals surface area contributed by atoms with E-state index in [4.69, 9.17) is 5.73 Å². The number of hydrogen-bond donors (Lipinski definition) is 1. The molecule has 74 valence electrons. The molecule has 0 radical (unpaired) electrons. The summed E-state index contributed by atoms with van der Waals surface area (Å²) in [6, 6.07) is 3.89. The fourth-order valence-corrected chi connectivity index (χ4v) is 3.26. The number of pyridine rings is 1. The van der Waals surface area contributed by atoms with Gasteiger partial charge in [0.2, 0.25) is 0 Å². The summed E-state index contributed by atoms with van der Waals surface area (Å²) in [6.45, 7) is 0. The molecule has 15 heavy (non-hydrogen) atoms. The van der Waals surface area contributed by atoms with Gasteiger partial charge >= 0.3 is 0 Å². The quantitative estimate of drug-likeness (QED) is 0.703. The van der Waals surface area contributed by atoms with Gasteiger partial charge in [0.05, 0.1) is 10.6 Å². The van der Waals surface area contributed by atoms with E-state index in [-0.39, 0.29) is 0 Å². The van der Waals surface area contributed by atoms with Crippen LogP contribution >= 0.6 is 22.7 Å². The molecule has 0 saturated carbocycles. The number of nitrogens with two attached hydrogens (primary N) is 1. The first kappa shape index (κ1) is 8.82. The molecule has 0 aliphatic heterocycles. The summed E-state index contributed by atoms with van der Waals surface area (Å²) >= 11 is 3.19. The van der Waals surface area contributed by atoms with Gasteiger partial charge in [-0.3, -0.25) is 0 Å². The van der Waals surface area contributed by atoms with Crippen LogP contribution in [0.3, 0.4) is 0 Å². The molecule has 0 unspecified atom stereocenters. The van der Waals surface area contributed by atoms with Crippen molar-refractivity contribution >= 4 is 38.6 Å². The Morgan fingerprint density at radius 1 is 1.20 bits per heavy atom. The van der Waals surface area contributed by atoms with E-state index in [2.05, 4.69) is 9.97 Å². The van der Waals surface area contributed by atoms with Crippen LogP contribution in [-0.4, -0.2) is 9.97 Å². The van der Waals surface area contributed by atoms with Crippen molar-refractivity contribution in [1.82, 2.24) is 9.97 Å². The summed E-state index contributed by atoms with van der Waals surface area (Å²) in [5.41, 5.74) is 6.86. The van der Waals surface area contributed by atoms with Crippen LogP contribution in [-0.2, 0) is 0 Å². The minimum absolute atomic E-state index is 0.790. The SMILES string of the molecule is Nc1c(-c2nccs2)sc2ncccc12. The van der Waals surface area contributed by atoms with E-state index in [0.717, 1.165) is 25.8 Å². The van der Waals surface area contributed by atoms with E-state index < -0.39 is 0 Å². The Balaban J connectivity index is 2.33. The van der Waals surface area contributed by atoms with Crippen LogP contribution in [0.25, 0.3) is 20.1 Å². The molecule has 0 aliphatic carbocycles. The number of thiophene rings is 1. The van der Waals surface area contributed by atoms with Crippen molar-refractivity contribution in [2.45, 2.75) is 0 Å². The molecule has 3 rings (SSSR count). The molecule has 3 nitrogen and oxygen atoms in total. The summed E-state index contributed by atoms with van der Waals surface area (Å²) in [7, 11) is 0. The largest absolute Gasteiger partial charge is 0.397 e. The van der Waals surface area contributed by atoms with Crippen LogP contribution < -0.4 is 5.73 Å². The summed E-state index contributed by atoms with van der Waals surface area (Å²) in [5, 5.41) is 3.94. The molecular weight excluding hydrogens is 226 g/mol. The van der Waals surface area contributed by atoms with E-state index in [1.54, 1.807) is 35.1 Å². The lowest BCUT2D eigenvalue weighted by molar-refractivity contribution is 1.43. The van der Waals surface area contributed by atoms with E-state index >= 15 is 0 Å². The average Bonchev–Trinajstić information content (AvgIpc) is 2.87. The van der Waals surface area contributed by atoms with Crippen molar-refractivity contribution in [2.75, 3.05) is 5.73 Å². The maximum Gasteiger partial charge on any atom is 0.135 e. The van der Waals surface area contributed by atoms with Crippen LogP contribution in [0.15, 0.2) is 29.9 Å². The molecule has 0 amide bonds. The number of thiazole rings is 1. The first-order valence-corrected chi connectivity index (χ1v) is 6.09. The predicted molar refractivity (Wildman–Crippen MR) is 65.1 cm³/mol. The second-order valence-electron chi connectivity index (χ2n) is 3.04. The third kappa shape index (κ3) is 1.32. The number of nitrogen functional groups attached to an aromatic ring is 1. The monoisotopic (exact) mass is 233 g/mol. The van der Waals surface area contributed by atoms with Gasteiger partial charge in [0.1, 0.15) is 9.84 Å². The van der Waals surface area contributed by atoms with Crippen molar-refractivity contribution in [3.05, 3.63) is 29.9 Å². The highest BCUT2D eigenvalue weighted by atomic mass is 32.1. The van der Waals surface area contributed by atoms with Gasteiger partial charge in [0.15, 0.2) is 0 Å². The maximum absolute atomic E-state index is 6.07. The van der Waals surface area contributed by atoms with Gasteiger partial charge in [-0.1, -0.05) is 0 Å². The van der Waals surface area contributed by atoms with Gasteiger partial charge in [-0.25, -0.2) is 9.97 Å². The minimum atomic E-state index is 0.790. The minimum Gasteiger partial charge on any atom is -0.397 e. The third-order valence-corrected chi connectivity index (χ3v) is 4.19. The lowest BCUT2D eigenvalue weighted by atomic mass is 10.3. The summed E-state index contributed by atoms with van der Waals surface area (Å²) in [4.78, 5) is 10.6. The van der Waals surface area contributed by atoms with E-state index in [1.165, 1.54) is 0 Å². The highest BCUT2D eigenvalue weighted by Crippen LogP contribution is 2.40. The molecule has 0 saturated heterocycles. The fourth-order valence-electron chi connectivity index (χ4n) is 1.45. The first-order chi connectivity index (χ1) is 7.36. The van der Waals surface area contributed by atoms with Gasteiger partial charge in [-0.05, 0) is 12.1 Å². The molecule has 0 fully saturated rings. The lowest BCUT2D eigenvalue weighted by Crippen LogP contribution is -1.84. The Morgan fingerprint density at radius 2 is 2.13 bits per heavy atom. The summed E-state index contributed by atoms with van der Waals surface area (Å²) in [5.74, 6) is 0. The Bertz CT molecular complexity index is 598. The van der Waals surface area contributed by atoms with Gasteiger partial charge in [0, 0.05) is 23.2 Å². The molecule has 0 aromatic carbocycles. The van der Waals surface area contributed by atoms with Crippen molar-refractivity contribution < 1.29 is 0 Å². The van der Waals surface area contributed by atoms with Crippen molar-refractivity contribution in [2.24, 2.45) is 0 Å². The topological polar surface area (TPSA) is 51.8 Å². The molecule has 0 atom stereocenters. The first-order valence-electron chi connectivity index (χ1n) is 4.39. The van der Waals surface area contributed by atoms with Gasteiger partial charge in [0.25, 0.3) is 0 Å². The Labute approximate surface area is 94.2 Å². The zero-order valence-electron chi connectivity index (χ0n) is 7.68. The summed E-state index contributed by atoms with van der Waals surface area (Å²) in [6.07, 6.45) is 3.57. The smallest absolute Gasteiger partial charge is 0.135 e. The second-order valence-corrected chi connectivity index (χ2v) is 4.93. The molecule has 2 N–H and O–H groups in total. The number of fused-ring (bicyclic) bond motifs is 1. The van der Waals surface area contributed by atoms with Gasteiger partial charge in [-0.2, -0.15) is 0 Å². The number of aromatic nitrogens is 2. The standard InChI is InChI=1S/C10H7N3S2/c11-7-6-2-1-3-12-9(6)15-8(7)10-13-4-5-14-10/h1-5H,11H2. The van der Waals surface area contributed by atoms with Gasteiger partial charge < -0.3 is 5.73 Å². The van der Waals surface area contributed by atoms with E-state index in [0.29, 0.717) is 0 Å². The van der Waals surface area contributed by atoms with E-state index in [1.807, 2.05) is 17.5 Å². The van der Waals surface area contributed by atoms with Crippen molar-refractivity contribution in [3.8, 4) is 9.88 Å². The van der Waals surface area contributed by atoms with Crippen LogP contribution in [0, 0.1) is 0 Å². The summed E-state index contributed by atoms with van der Waals surface area (Å²) < 4.78 is 0. The molecule has 3 aromatic heterocycles. The second kappa shape index (κ2) is 3.29. The lowest BCUT2D eigenvalue weighted by Gasteiger charge is -1.92. The molecule has 3 aromatic rings.